The van der Waals surface area contributed by atoms with Crippen LogP contribution >= 0.6 is 0 Å². The average Bonchev–Trinajstić information content (AvgIpc) is 2.50. The Labute approximate surface area is 131 Å². The molecule has 5 heteroatoms. The topological polar surface area (TPSA) is 47.0 Å². The number of para-hydroxylation sites is 3. The lowest BCUT2D eigenvalue weighted by Gasteiger charge is -2.12. The summed E-state index contributed by atoms with van der Waals surface area (Å²) in [7, 11) is 0. The third-order valence-electron chi connectivity index (χ3n) is 2.98. The summed E-state index contributed by atoms with van der Waals surface area (Å²) >= 11 is 0. The second-order valence-electron chi connectivity index (χ2n) is 4.29. The summed E-state index contributed by atoms with van der Waals surface area (Å²) in [6, 6.07) is 15.7. The molecule has 0 aliphatic heterocycles. The van der Waals surface area contributed by atoms with Crippen LogP contribution in [0, 0.1) is 0 Å². The van der Waals surface area contributed by atoms with Crippen molar-refractivity contribution in [2.45, 2.75) is 6.92 Å². The van der Waals surface area contributed by atoms with Crippen LogP contribution in [-0.2, 0) is 0 Å². The lowest BCUT2D eigenvalue weighted by molar-refractivity contribution is -0.00000460. The summed E-state index contributed by atoms with van der Waals surface area (Å²) in [6.45, 7) is 2.60. The Morgan fingerprint density at radius 3 is 2.67 bits per heavy atom. The van der Waals surface area contributed by atoms with Gasteiger partial charge in [0.05, 0.1) is 17.8 Å². The highest BCUT2D eigenvalue weighted by molar-refractivity contribution is 5.90. The molecule has 0 aliphatic carbocycles. The minimum atomic E-state index is 0. The van der Waals surface area contributed by atoms with Crippen molar-refractivity contribution < 1.29 is 18.6 Å². The van der Waals surface area contributed by atoms with Gasteiger partial charge in [-0.15, -0.1) is 0 Å². The zero-order chi connectivity index (χ0) is 13.8. The first-order valence-corrected chi connectivity index (χ1v) is 6.57. The summed E-state index contributed by atoms with van der Waals surface area (Å²) < 4.78 is 5.62. The molecule has 1 aromatic heterocycles. The number of nitrogens with zero attached hydrogens (tertiary/aromatic N) is 2. The third-order valence-corrected chi connectivity index (χ3v) is 2.98. The second-order valence-corrected chi connectivity index (χ2v) is 4.29. The van der Waals surface area contributed by atoms with Crippen molar-refractivity contribution in [1.29, 1.82) is 0 Å². The van der Waals surface area contributed by atoms with E-state index < -0.39 is 0 Å². The number of fused-ring (bicyclic) bond motifs is 1. The van der Waals surface area contributed by atoms with Crippen molar-refractivity contribution in [1.82, 2.24) is 9.97 Å². The van der Waals surface area contributed by atoms with Crippen molar-refractivity contribution in [3.8, 4) is 5.75 Å². The number of hydrogen-bond donors (Lipinski definition) is 1. The average molecular weight is 302 g/mol. The number of nitrogens with one attached hydrogen (secondary N) is 1. The van der Waals surface area contributed by atoms with Gasteiger partial charge in [0.1, 0.15) is 17.9 Å². The Hall–Kier alpha value is -2.33. The SMILES string of the molecule is CCOc1ccccc1Nc1ncnc2ccccc12.[Cl-].[H+]. The zero-order valence-electron chi connectivity index (χ0n) is 12.6. The second kappa shape index (κ2) is 6.90. The molecule has 0 amide bonds. The van der Waals surface area contributed by atoms with Crippen molar-refractivity contribution in [3.63, 3.8) is 0 Å². The van der Waals surface area contributed by atoms with E-state index in [-0.39, 0.29) is 13.8 Å². The maximum atomic E-state index is 5.62. The smallest absolute Gasteiger partial charge is 1.00 e. The fourth-order valence-corrected chi connectivity index (χ4v) is 2.08. The fraction of sp³-hybridized carbons (Fsp3) is 0.125. The number of benzene rings is 2. The van der Waals surface area contributed by atoms with E-state index in [4.69, 9.17) is 4.74 Å². The van der Waals surface area contributed by atoms with Crippen LogP contribution in [0.4, 0.5) is 11.5 Å². The Morgan fingerprint density at radius 2 is 1.81 bits per heavy atom. The monoisotopic (exact) mass is 301 g/mol. The first kappa shape index (κ1) is 15.1. The first-order valence-electron chi connectivity index (χ1n) is 6.57. The molecule has 3 aromatic rings. The number of ether oxygens (including phenoxy) is 1. The van der Waals surface area contributed by atoms with E-state index in [1.54, 1.807) is 6.33 Å². The highest BCUT2D eigenvalue weighted by Crippen LogP contribution is 2.29. The predicted molar refractivity (Wildman–Crippen MR) is 81.5 cm³/mol. The molecule has 0 saturated carbocycles. The highest BCUT2D eigenvalue weighted by Gasteiger charge is 2.06. The molecule has 2 aromatic carbocycles. The molecule has 3 rings (SSSR count). The van der Waals surface area contributed by atoms with Crippen LogP contribution in [-0.4, -0.2) is 16.6 Å². The van der Waals surface area contributed by atoms with Crippen molar-refractivity contribution >= 4 is 22.4 Å². The standard InChI is InChI=1S/C16H15N3O.ClH/c1-2-20-15-10-6-5-9-14(15)19-16-12-7-3-4-8-13(12)17-11-18-16;/h3-11H,2H2,1H3,(H,17,18,19);1H. The van der Waals surface area contributed by atoms with Gasteiger partial charge in [0.25, 0.3) is 0 Å². The Balaban J connectivity index is 0.00000121. The molecule has 0 aliphatic rings. The summed E-state index contributed by atoms with van der Waals surface area (Å²) in [5, 5.41) is 4.31. The van der Waals surface area contributed by atoms with Gasteiger partial charge in [0.2, 0.25) is 0 Å². The predicted octanol–water partition coefficient (Wildman–Crippen LogP) is 0.889. The van der Waals surface area contributed by atoms with Crippen molar-refractivity contribution in [3.05, 3.63) is 54.9 Å². The first-order chi connectivity index (χ1) is 9.88. The van der Waals surface area contributed by atoms with Crippen LogP contribution in [0.15, 0.2) is 54.9 Å². The van der Waals surface area contributed by atoms with E-state index in [1.165, 1.54) is 0 Å². The molecule has 0 spiro atoms. The van der Waals surface area contributed by atoms with Gasteiger partial charge in [0, 0.05) is 5.39 Å². The number of halogens is 1. The normalized spacial score (nSPS) is 9.95. The van der Waals surface area contributed by atoms with Crippen molar-refractivity contribution in [2.75, 3.05) is 11.9 Å². The van der Waals surface area contributed by atoms with Crippen LogP contribution in [0.1, 0.15) is 8.35 Å². The van der Waals surface area contributed by atoms with E-state index >= 15 is 0 Å². The van der Waals surface area contributed by atoms with Gasteiger partial charge in [-0.2, -0.15) is 0 Å². The largest absolute Gasteiger partial charge is 1.00 e. The number of rotatable bonds is 4. The summed E-state index contributed by atoms with van der Waals surface area (Å²) in [5.74, 6) is 1.60. The van der Waals surface area contributed by atoms with Gasteiger partial charge in [0.15, 0.2) is 0 Å². The van der Waals surface area contributed by atoms with E-state index in [0.717, 1.165) is 28.2 Å². The molecular formula is C16H16ClN3O. The molecule has 108 valence electrons. The van der Waals surface area contributed by atoms with Crippen LogP contribution in [0.3, 0.4) is 0 Å². The molecule has 4 nitrogen and oxygen atoms in total. The van der Waals surface area contributed by atoms with Gasteiger partial charge in [-0.05, 0) is 31.2 Å². The van der Waals surface area contributed by atoms with E-state index in [9.17, 15) is 0 Å². The van der Waals surface area contributed by atoms with Crippen LogP contribution < -0.4 is 22.5 Å². The van der Waals surface area contributed by atoms with Crippen LogP contribution in [0.2, 0.25) is 0 Å². The van der Waals surface area contributed by atoms with E-state index in [1.807, 2.05) is 55.5 Å². The maximum Gasteiger partial charge on any atom is 1.00 e. The van der Waals surface area contributed by atoms with Gasteiger partial charge >= 0.3 is 1.43 Å². The maximum absolute atomic E-state index is 5.62. The van der Waals surface area contributed by atoms with Crippen molar-refractivity contribution in [2.24, 2.45) is 0 Å². The molecule has 1 N–H and O–H groups in total. The van der Waals surface area contributed by atoms with Crippen LogP contribution in [0.5, 0.6) is 5.75 Å². The highest BCUT2D eigenvalue weighted by atomic mass is 35.5. The molecule has 0 radical (unpaired) electrons. The molecule has 0 unspecified atom stereocenters. The van der Waals surface area contributed by atoms with Crippen LogP contribution in [0.25, 0.3) is 10.9 Å². The lowest BCUT2D eigenvalue weighted by atomic mass is 10.2. The fourth-order valence-electron chi connectivity index (χ4n) is 2.08. The minimum absolute atomic E-state index is 0. The molecule has 21 heavy (non-hydrogen) atoms. The van der Waals surface area contributed by atoms with Gasteiger partial charge in [-0.25, -0.2) is 9.97 Å². The Kier molecular flexibility index (Phi) is 4.95. The van der Waals surface area contributed by atoms with Gasteiger partial charge in [-0.3, -0.25) is 0 Å². The molecule has 0 bridgehead atoms. The number of aromatic nitrogens is 2. The summed E-state index contributed by atoms with van der Waals surface area (Å²) in [5.41, 5.74) is 1.82. The number of hydrogen-bond acceptors (Lipinski definition) is 4. The zero-order valence-corrected chi connectivity index (χ0v) is 12.3. The minimum Gasteiger partial charge on any atom is -1.00 e. The molecule has 0 saturated heterocycles. The lowest BCUT2D eigenvalue weighted by Crippen LogP contribution is -3.00. The van der Waals surface area contributed by atoms with Gasteiger partial charge < -0.3 is 22.5 Å². The molecule has 1 heterocycles. The number of anilines is 2. The molecule has 0 atom stereocenters. The summed E-state index contributed by atoms with van der Waals surface area (Å²) in [6.07, 6.45) is 1.56. The third kappa shape index (κ3) is 3.23. The quantitative estimate of drug-likeness (QED) is 0.777. The molecule has 0 fully saturated rings. The molecular weight excluding hydrogens is 286 g/mol. The van der Waals surface area contributed by atoms with E-state index in [0.29, 0.717) is 6.61 Å². The van der Waals surface area contributed by atoms with Gasteiger partial charge in [-0.1, -0.05) is 24.3 Å². The van der Waals surface area contributed by atoms with E-state index in [2.05, 4.69) is 15.3 Å². The Morgan fingerprint density at radius 1 is 1.05 bits per heavy atom. The summed E-state index contributed by atoms with van der Waals surface area (Å²) in [4.78, 5) is 8.59. The Bertz CT molecular complexity index is 734.